The van der Waals surface area contributed by atoms with E-state index in [0.717, 1.165) is 28.9 Å². The Kier molecular flexibility index (Phi) is 9.82. The number of carbonyl (C=O) groups excluding carboxylic acids is 4. The molecule has 0 spiro atoms. The van der Waals surface area contributed by atoms with Gasteiger partial charge >= 0.3 is 12.1 Å². The molecule has 1 fully saturated rings. The Labute approximate surface area is 230 Å². The molecule has 3 rings (SSSR count). The van der Waals surface area contributed by atoms with Crippen molar-refractivity contribution in [1.29, 1.82) is 0 Å². The molecule has 3 amide bonds. The van der Waals surface area contributed by atoms with Crippen molar-refractivity contribution in [3.05, 3.63) is 35.4 Å². The predicted octanol–water partition coefficient (Wildman–Crippen LogP) is 0.945. The molecule has 15 heteroatoms. The van der Waals surface area contributed by atoms with Crippen LogP contribution in [0.25, 0.3) is 0 Å². The lowest BCUT2D eigenvalue weighted by molar-refractivity contribution is -0.200. The lowest BCUT2D eigenvalue weighted by Gasteiger charge is -2.32. The fraction of sp³-hybridized carbons (Fsp3) is 0.600. The summed E-state index contributed by atoms with van der Waals surface area (Å²) in [6, 6.07) is 3.56. The van der Waals surface area contributed by atoms with Crippen molar-refractivity contribution in [2.45, 2.75) is 70.4 Å². The predicted molar refractivity (Wildman–Crippen MR) is 136 cm³/mol. The van der Waals surface area contributed by atoms with Gasteiger partial charge in [-0.05, 0) is 43.2 Å². The van der Waals surface area contributed by atoms with Gasteiger partial charge in [0.1, 0.15) is 24.7 Å². The summed E-state index contributed by atoms with van der Waals surface area (Å²) in [7, 11) is -3.79. The molecule has 3 N–H and O–H groups in total. The number of hydrogen-bond donors (Lipinski definition) is 3. The maximum Gasteiger partial charge on any atom is 0.490 e. The number of hydrogen-bond acceptors (Lipinski definition) is 8. The smallest absolute Gasteiger partial charge is 0.443 e. The number of nitrogens with zero attached hydrogens (tertiary/aromatic N) is 1. The number of halogens is 3. The molecular weight excluding hydrogens is 557 g/mol. The van der Waals surface area contributed by atoms with Crippen LogP contribution in [0.4, 0.5) is 13.2 Å². The van der Waals surface area contributed by atoms with Gasteiger partial charge in [-0.15, -0.1) is 0 Å². The summed E-state index contributed by atoms with van der Waals surface area (Å²) >= 11 is 0. The van der Waals surface area contributed by atoms with E-state index < -0.39 is 82.1 Å². The Morgan fingerprint density at radius 3 is 2.45 bits per heavy atom. The molecule has 0 unspecified atom stereocenters. The Morgan fingerprint density at radius 2 is 1.80 bits per heavy atom. The molecule has 222 valence electrons. The largest absolute Gasteiger partial charge is 0.490 e. The summed E-state index contributed by atoms with van der Waals surface area (Å²) < 4.78 is 65.9. The first-order valence-corrected chi connectivity index (χ1v) is 14.6. The molecule has 40 heavy (non-hydrogen) atoms. The average molecular weight is 591 g/mol. The minimum atomic E-state index is -5.19. The van der Waals surface area contributed by atoms with E-state index in [9.17, 15) is 40.8 Å². The highest BCUT2D eigenvalue weighted by molar-refractivity contribution is 7.91. The molecule has 1 aromatic carbocycles. The second-order valence-corrected chi connectivity index (χ2v) is 12.3. The number of amides is 3. The molecule has 4 atom stereocenters. The first-order valence-electron chi connectivity index (χ1n) is 12.8. The van der Waals surface area contributed by atoms with Gasteiger partial charge < -0.3 is 20.3 Å². The van der Waals surface area contributed by atoms with Crippen molar-refractivity contribution in [1.82, 2.24) is 20.9 Å². The van der Waals surface area contributed by atoms with Crippen molar-refractivity contribution in [3.8, 4) is 0 Å². The molecule has 1 aliphatic carbocycles. The second kappa shape index (κ2) is 12.5. The number of sulfone groups is 1. The molecule has 0 bridgehead atoms. The van der Waals surface area contributed by atoms with Crippen molar-refractivity contribution >= 4 is 33.5 Å². The number of fused-ring (bicyclic) bond motifs is 1. The summed E-state index contributed by atoms with van der Waals surface area (Å²) in [4.78, 5) is 51.2. The molecule has 1 heterocycles. The Bertz CT molecular complexity index is 1240. The van der Waals surface area contributed by atoms with Gasteiger partial charge in [-0.2, -0.15) is 13.2 Å². The molecule has 1 aliphatic heterocycles. The van der Waals surface area contributed by atoms with Crippen LogP contribution in [-0.2, 0) is 40.2 Å². The topological polar surface area (TPSA) is 151 Å². The quantitative estimate of drug-likeness (QED) is 0.284. The van der Waals surface area contributed by atoms with Crippen LogP contribution in [0.1, 0.15) is 50.8 Å². The summed E-state index contributed by atoms with van der Waals surface area (Å²) in [6.07, 6.45) is -2.85. The fourth-order valence-corrected chi connectivity index (χ4v) is 6.32. The number of aryl methyl sites for hydroxylation is 1. The van der Waals surface area contributed by atoms with Gasteiger partial charge in [-0.25, -0.2) is 13.2 Å². The van der Waals surface area contributed by atoms with E-state index in [1.54, 1.807) is 13.8 Å². The van der Waals surface area contributed by atoms with E-state index in [-0.39, 0.29) is 6.04 Å². The maximum atomic E-state index is 13.5. The van der Waals surface area contributed by atoms with Gasteiger partial charge in [0.05, 0.1) is 17.8 Å². The number of nitrogens with one attached hydrogen (secondary N) is 3. The van der Waals surface area contributed by atoms with Gasteiger partial charge in [0.25, 0.3) is 0 Å². The minimum absolute atomic E-state index is 0.336. The van der Waals surface area contributed by atoms with Crippen LogP contribution in [0.2, 0.25) is 0 Å². The van der Waals surface area contributed by atoms with Gasteiger partial charge in [0.2, 0.25) is 17.7 Å². The molecule has 1 aromatic rings. The van der Waals surface area contributed by atoms with Gasteiger partial charge in [0.15, 0.2) is 9.84 Å². The zero-order chi connectivity index (χ0) is 29.8. The van der Waals surface area contributed by atoms with E-state index in [0.29, 0.717) is 6.42 Å². The van der Waals surface area contributed by atoms with Gasteiger partial charge in [-0.3, -0.25) is 19.7 Å². The second-order valence-electron chi connectivity index (χ2n) is 10.2. The third-order valence-electron chi connectivity index (χ3n) is 6.84. The molecule has 11 nitrogen and oxygen atoms in total. The van der Waals surface area contributed by atoms with Crippen molar-refractivity contribution in [3.63, 3.8) is 0 Å². The Balaban J connectivity index is 1.68. The lowest BCUT2D eigenvalue weighted by Crippen LogP contribution is -2.58. The molecular formula is C25H33F3N4O7S. The highest BCUT2D eigenvalue weighted by Crippen LogP contribution is 2.30. The van der Waals surface area contributed by atoms with E-state index in [1.807, 2.05) is 24.3 Å². The van der Waals surface area contributed by atoms with Crippen molar-refractivity contribution < 1.29 is 45.5 Å². The normalized spacial score (nSPS) is 21.7. The van der Waals surface area contributed by atoms with Gasteiger partial charge in [0, 0.05) is 0 Å². The van der Waals surface area contributed by atoms with Crippen LogP contribution in [0.3, 0.4) is 0 Å². The summed E-state index contributed by atoms with van der Waals surface area (Å²) in [5, 5.41) is 7.65. The number of alkyl halides is 3. The van der Waals surface area contributed by atoms with Crippen LogP contribution < -0.4 is 16.0 Å². The summed E-state index contributed by atoms with van der Waals surface area (Å²) in [5.41, 5.74) is 2.03. The SMILES string of the molecule is CC(C)[C@H](NC(=O)[C@H](C)NCOC(=O)C(F)(F)F)C(=O)N1CS(=O)(=O)C[C@H]1C(=O)N[C@@H]1CCCc2ccccc21. The van der Waals surface area contributed by atoms with Crippen LogP contribution in [-0.4, -0.2) is 79.7 Å². The molecule has 0 radical (unpaired) electrons. The third-order valence-corrected chi connectivity index (χ3v) is 8.34. The van der Waals surface area contributed by atoms with Crippen LogP contribution >= 0.6 is 0 Å². The Morgan fingerprint density at radius 1 is 1.12 bits per heavy atom. The molecule has 1 saturated heterocycles. The molecule has 0 saturated carbocycles. The maximum absolute atomic E-state index is 13.5. The number of benzene rings is 1. The standard InChI is InChI=1S/C25H33F3N4O7S/c1-14(2)20(31-21(33)15(3)29-12-39-24(36)25(26,27)28)23(35)32-13-40(37,38)11-19(32)22(34)30-18-10-6-8-16-7-4-5-9-17(16)18/h4-5,7,9,14-15,18-20,29H,6,8,10-13H2,1-3H3,(H,30,34)(H,31,33)/t15-,18+,19-,20-/m0/s1. The van der Waals surface area contributed by atoms with E-state index in [4.69, 9.17) is 0 Å². The van der Waals surface area contributed by atoms with E-state index in [1.165, 1.54) is 6.92 Å². The fourth-order valence-electron chi connectivity index (χ4n) is 4.67. The van der Waals surface area contributed by atoms with Gasteiger partial charge in [-0.1, -0.05) is 38.1 Å². The minimum Gasteiger partial charge on any atom is -0.443 e. The van der Waals surface area contributed by atoms with Crippen LogP contribution in [0.15, 0.2) is 24.3 Å². The highest BCUT2D eigenvalue weighted by atomic mass is 32.2. The first kappa shape index (κ1) is 31.3. The monoisotopic (exact) mass is 590 g/mol. The number of ether oxygens (including phenoxy) is 1. The zero-order valence-corrected chi connectivity index (χ0v) is 23.1. The summed E-state index contributed by atoms with van der Waals surface area (Å²) in [6.45, 7) is 3.57. The first-order chi connectivity index (χ1) is 18.6. The number of rotatable bonds is 9. The number of carbonyl (C=O) groups is 4. The van der Waals surface area contributed by atoms with Crippen LogP contribution in [0.5, 0.6) is 0 Å². The lowest BCUT2D eigenvalue weighted by atomic mass is 9.87. The molecule has 2 aliphatic rings. The summed E-state index contributed by atoms with van der Waals surface area (Å²) in [5.74, 6) is -6.46. The van der Waals surface area contributed by atoms with Crippen molar-refractivity contribution in [2.75, 3.05) is 18.4 Å². The third kappa shape index (κ3) is 7.71. The number of esters is 1. The average Bonchev–Trinajstić information content (AvgIpc) is 3.21. The van der Waals surface area contributed by atoms with E-state index >= 15 is 0 Å². The van der Waals surface area contributed by atoms with E-state index in [2.05, 4.69) is 20.7 Å². The van der Waals surface area contributed by atoms with Crippen molar-refractivity contribution in [2.24, 2.45) is 5.92 Å². The zero-order valence-electron chi connectivity index (χ0n) is 22.3. The Hall–Kier alpha value is -3.20. The van der Waals surface area contributed by atoms with Crippen LogP contribution in [0, 0.1) is 5.92 Å². The molecule has 0 aromatic heterocycles. The highest BCUT2D eigenvalue weighted by Gasteiger charge is 2.46.